The summed E-state index contributed by atoms with van der Waals surface area (Å²) in [5.41, 5.74) is 1.43. The summed E-state index contributed by atoms with van der Waals surface area (Å²) < 4.78 is 18.4. The van der Waals surface area contributed by atoms with Gasteiger partial charge in [0.15, 0.2) is 11.5 Å². The molecule has 0 aliphatic heterocycles. The van der Waals surface area contributed by atoms with Crippen LogP contribution in [0, 0.1) is 11.2 Å². The zero-order valence-electron chi connectivity index (χ0n) is 16.6. The lowest BCUT2D eigenvalue weighted by molar-refractivity contribution is 0.163. The molecule has 30 heavy (non-hydrogen) atoms. The summed E-state index contributed by atoms with van der Waals surface area (Å²) in [6, 6.07) is 5.27. The monoisotopic (exact) mass is 435 g/mol. The van der Waals surface area contributed by atoms with Gasteiger partial charge < -0.3 is 19.9 Å². The zero-order valence-corrected chi connectivity index (χ0v) is 17.4. The van der Waals surface area contributed by atoms with Crippen LogP contribution in [0.5, 0.6) is 0 Å². The Bertz CT molecular complexity index is 1030. The van der Waals surface area contributed by atoms with E-state index in [4.69, 9.17) is 21.7 Å². The highest BCUT2D eigenvalue weighted by Crippen LogP contribution is 2.24. The third-order valence-electron chi connectivity index (χ3n) is 4.47. The Morgan fingerprint density at radius 1 is 1.37 bits per heavy atom. The van der Waals surface area contributed by atoms with Crippen LogP contribution in [-0.4, -0.2) is 71.3 Å². The maximum Gasteiger partial charge on any atom is 0.202 e. The molecule has 3 aromatic rings. The van der Waals surface area contributed by atoms with Crippen LogP contribution < -0.4 is 10.4 Å². The van der Waals surface area contributed by atoms with Gasteiger partial charge in [-0.2, -0.15) is 4.98 Å². The maximum absolute atomic E-state index is 13.4. The molecule has 0 amide bonds. The van der Waals surface area contributed by atoms with Gasteiger partial charge in [0.25, 0.3) is 0 Å². The Kier molecular flexibility index (Phi) is 7.16. The summed E-state index contributed by atoms with van der Waals surface area (Å²) in [5.74, 6) is -0.337. The van der Waals surface area contributed by atoms with Gasteiger partial charge in [0.1, 0.15) is 5.82 Å². The first-order valence-corrected chi connectivity index (χ1v) is 9.57. The molecule has 0 radical (unpaired) electrons. The normalized spacial score (nSPS) is 11.3. The Balaban J connectivity index is 1.74. The molecule has 0 bridgehead atoms. The molecule has 0 spiro atoms. The average molecular weight is 436 g/mol. The van der Waals surface area contributed by atoms with Crippen molar-refractivity contribution < 1.29 is 14.3 Å². The minimum atomic E-state index is -0.608. The molecule has 0 aliphatic rings. The van der Waals surface area contributed by atoms with Gasteiger partial charge in [0.05, 0.1) is 22.8 Å². The molecule has 2 aromatic heterocycles. The van der Waals surface area contributed by atoms with Crippen molar-refractivity contribution in [1.29, 1.82) is 5.41 Å². The number of ether oxygens (including phenoxy) is 1. The Labute approximate surface area is 177 Å². The number of methoxy groups -OCH3 is 1. The van der Waals surface area contributed by atoms with Crippen LogP contribution in [0.25, 0.3) is 11.2 Å². The summed E-state index contributed by atoms with van der Waals surface area (Å²) >= 11 is 5.78. The molecular weight excluding hydrogens is 413 g/mol. The third kappa shape index (κ3) is 5.03. The first-order chi connectivity index (χ1) is 14.4. The molecule has 2 heterocycles. The van der Waals surface area contributed by atoms with Crippen molar-refractivity contribution in [3.63, 3.8) is 0 Å². The number of hydrogen-bond acceptors (Lipinski definition) is 7. The minimum absolute atomic E-state index is 0.150. The number of pyridine rings is 1. The zero-order chi connectivity index (χ0) is 21.7. The average Bonchev–Trinajstić information content (AvgIpc) is 3.16. The van der Waals surface area contributed by atoms with Gasteiger partial charge in [-0.05, 0) is 31.3 Å². The van der Waals surface area contributed by atoms with Crippen molar-refractivity contribution in [1.82, 2.24) is 19.9 Å². The fourth-order valence-electron chi connectivity index (χ4n) is 2.78. The van der Waals surface area contributed by atoms with Crippen LogP contribution in [0.1, 0.15) is 5.56 Å². The van der Waals surface area contributed by atoms with Gasteiger partial charge >= 0.3 is 0 Å². The predicted octanol–water partition coefficient (Wildman–Crippen LogP) is 2.96. The first kappa shape index (κ1) is 21.9. The van der Waals surface area contributed by atoms with E-state index >= 15 is 0 Å². The quantitative estimate of drug-likeness (QED) is 0.232. The lowest BCUT2D eigenvalue weighted by atomic mass is 10.2. The summed E-state index contributed by atoms with van der Waals surface area (Å²) in [6.07, 6.45) is 1.50. The highest BCUT2D eigenvalue weighted by molar-refractivity contribution is 6.31. The summed E-state index contributed by atoms with van der Waals surface area (Å²) in [6.45, 7) is 2.91. The number of hydrogen-bond donors (Lipinski definition) is 4. The number of amidine groups is 1. The van der Waals surface area contributed by atoms with Crippen LogP contribution in [0.4, 0.5) is 16.0 Å². The number of aromatic amines is 1. The van der Waals surface area contributed by atoms with E-state index in [1.807, 2.05) is 7.05 Å². The predicted molar refractivity (Wildman–Crippen MR) is 114 cm³/mol. The molecular formula is C19H23ClFN7O2. The fourth-order valence-corrected chi connectivity index (χ4v) is 2.95. The second-order valence-electron chi connectivity index (χ2n) is 6.62. The lowest BCUT2D eigenvalue weighted by Crippen LogP contribution is -2.28. The number of nitrogens with zero attached hydrogens (tertiary/aromatic N) is 4. The van der Waals surface area contributed by atoms with E-state index in [1.54, 1.807) is 13.2 Å². The number of likely N-dealkylation sites (N-methyl/N-ethyl adjacent to an activating group) is 1. The van der Waals surface area contributed by atoms with Gasteiger partial charge in [-0.15, -0.1) is 0 Å². The van der Waals surface area contributed by atoms with Crippen molar-refractivity contribution >= 4 is 40.2 Å². The van der Waals surface area contributed by atoms with E-state index in [2.05, 4.69) is 25.2 Å². The summed E-state index contributed by atoms with van der Waals surface area (Å²) in [5, 5.41) is 22.5. The standard InChI is InChI=1S/C19H23ClFN7O2/c1-27(9-10-30-2)8-7-24-19-25-16-13(5-6-23-18(16)26-19)17(22)28(29)12-3-4-15(21)14(20)11-12/h3-6,11,22,29H,7-10H2,1-2H3,(H2,23,24,25,26). The summed E-state index contributed by atoms with van der Waals surface area (Å²) in [4.78, 5) is 13.8. The van der Waals surface area contributed by atoms with E-state index in [1.165, 1.54) is 18.3 Å². The van der Waals surface area contributed by atoms with Crippen LogP contribution in [0.15, 0.2) is 30.5 Å². The molecule has 0 fully saturated rings. The number of benzene rings is 1. The van der Waals surface area contributed by atoms with Gasteiger partial charge in [0.2, 0.25) is 5.95 Å². The number of anilines is 2. The molecule has 0 unspecified atom stereocenters. The van der Waals surface area contributed by atoms with E-state index in [0.717, 1.165) is 19.2 Å². The SMILES string of the molecule is COCCN(C)CCNc1nc2nccc(C(=N)N(O)c3ccc(F)c(Cl)c3)c2[nH]1. The Morgan fingerprint density at radius 2 is 2.17 bits per heavy atom. The molecule has 0 saturated carbocycles. The van der Waals surface area contributed by atoms with Gasteiger partial charge in [-0.1, -0.05) is 11.6 Å². The first-order valence-electron chi connectivity index (χ1n) is 9.19. The van der Waals surface area contributed by atoms with E-state index in [0.29, 0.717) is 40.9 Å². The van der Waals surface area contributed by atoms with E-state index < -0.39 is 5.82 Å². The molecule has 4 N–H and O–H groups in total. The van der Waals surface area contributed by atoms with Crippen molar-refractivity contribution in [3.05, 3.63) is 46.9 Å². The number of hydroxylamine groups is 1. The second kappa shape index (κ2) is 9.81. The van der Waals surface area contributed by atoms with Crippen molar-refractivity contribution in [2.75, 3.05) is 50.8 Å². The number of rotatable bonds is 9. The third-order valence-corrected chi connectivity index (χ3v) is 4.76. The Morgan fingerprint density at radius 3 is 2.90 bits per heavy atom. The van der Waals surface area contributed by atoms with Crippen LogP contribution >= 0.6 is 11.6 Å². The molecule has 11 heteroatoms. The largest absolute Gasteiger partial charge is 0.383 e. The number of H-pyrrole nitrogens is 1. The number of aromatic nitrogens is 3. The molecule has 160 valence electrons. The van der Waals surface area contributed by atoms with E-state index in [9.17, 15) is 9.60 Å². The molecule has 9 nitrogen and oxygen atoms in total. The van der Waals surface area contributed by atoms with Crippen molar-refractivity contribution in [2.24, 2.45) is 0 Å². The highest BCUT2D eigenvalue weighted by Gasteiger charge is 2.18. The molecule has 0 aliphatic carbocycles. The molecule has 0 atom stereocenters. The highest BCUT2D eigenvalue weighted by atomic mass is 35.5. The van der Waals surface area contributed by atoms with E-state index in [-0.39, 0.29) is 16.5 Å². The molecule has 0 saturated heterocycles. The topological polar surface area (TPSA) is 113 Å². The number of nitrogens with one attached hydrogen (secondary N) is 3. The number of halogens is 2. The fraction of sp³-hybridized carbons (Fsp3) is 0.316. The second-order valence-corrected chi connectivity index (χ2v) is 7.03. The van der Waals surface area contributed by atoms with Crippen LogP contribution in [0.3, 0.4) is 0 Å². The van der Waals surface area contributed by atoms with Gasteiger partial charge in [-0.3, -0.25) is 10.6 Å². The van der Waals surface area contributed by atoms with Crippen molar-refractivity contribution in [3.8, 4) is 0 Å². The van der Waals surface area contributed by atoms with Crippen LogP contribution in [0.2, 0.25) is 5.02 Å². The van der Waals surface area contributed by atoms with Crippen molar-refractivity contribution in [2.45, 2.75) is 0 Å². The number of imidazole rings is 1. The lowest BCUT2D eigenvalue weighted by Gasteiger charge is -2.18. The minimum Gasteiger partial charge on any atom is -0.383 e. The van der Waals surface area contributed by atoms with Gasteiger partial charge in [0, 0.05) is 38.5 Å². The molecule has 3 rings (SSSR count). The van der Waals surface area contributed by atoms with Gasteiger partial charge in [-0.25, -0.2) is 14.4 Å². The molecule has 1 aromatic carbocycles. The maximum atomic E-state index is 13.4. The smallest absolute Gasteiger partial charge is 0.202 e. The summed E-state index contributed by atoms with van der Waals surface area (Å²) in [7, 11) is 3.67. The Hall–Kier alpha value is -2.79. The number of fused-ring (bicyclic) bond motifs is 1. The van der Waals surface area contributed by atoms with Crippen LogP contribution in [-0.2, 0) is 4.74 Å².